The van der Waals surface area contributed by atoms with Crippen LogP contribution in [0, 0.1) is 11.2 Å². The van der Waals surface area contributed by atoms with Crippen molar-refractivity contribution < 1.29 is 14.0 Å². The summed E-state index contributed by atoms with van der Waals surface area (Å²) in [6, 6.07) is 12.2. The van der Waals surface area contributed by atoms with Gasteiger partial charge in [0, 0.05) is 11.1 Å². The average Bonchev–Trinajstić information content (AvgIpc) is 2.49. The monoisotopic (exact) mass is 314 g/mol. The Morgan fingerprint density at radius 3 is 2.13 bits per heavy atom. The van der Waals surface area contributed by atoms with Crippen LogP contribution in [0.3, 0.4) is 0 Å². The largest absolute Gasteiger partial charge is 0.325 e. The Morgan fingerprint density at radius 2 is 1.52 bits per heavy atom. The molecular weight excluding hydrogens is 295 g/mol. The Hall–Kier alpha value is -2.69. The summed E-state index contributed by atoms with van der Waals surface area (Å²) in [5.41, 5.74) is 0.690. The van der Waals surface area contributed by atoms with Gasteiger partial charge in [-0.3, -0.25) is 9.59 Å². The molecule has 4 nitrogen and oxygen atoms in total. The topological polar surface area (TPSA) is 58.2 Å². The molecule has 2 rings (SSSR count). The van der Waals surface area contributed by atoms with Crippen molar-refractivity contribution in [2.45, 2.75) is 20.8 Å². The minimum absolute atomic E-state index is 0.181. The zero-order valence-corrected chi connectivity index (χ0v) is 13.3. The number of amides is 2. The third kappa shape index (κ3) is 4.39. The molecule has 0 unspecified atom stereocenters. The molecule has 2 amide bonds. The van der Waals surface area contributed by atoms with E-state index in [-0.39, 0.29) is 17.6 Å². The van der Waals surface area contributed by atoms with Gasteiger partial charge in [0.15, 0.2) is 0 Å². The molecule has 0 bridgehead atoms. The number of anilines is 2. The van der Waals surface area contributed by atoms with Gasteiger partial charge in [0.25, 0.3) is 5.91 Å². The van der Waals surface area contributed by atoms with Crippen LogP contribution in [-0.2, 0) is 4.79 Å². The fourth-order valence-electron chi connectivity index (χ4n) is 1.83. The predicted molar refractivity (Wildman–Crippen MR) is 88.9 cm³/mol. The molecule has 2 aromatic carbocycles. The summed E-state index contributed by atoms with van der Waals surface area (Å²) in [6.07, 6.45) is 0. The molecule has 0 aliphatic rings. The van der Waals surface area contributed by atoms with Gasteiger partial charge in [0.05, 0.1) is 11.3 Å². The lowest BCUT2D eigenvalue weighted by atomic mass is 9.95. The Balaban J connectivity index is 2.20. The lowest BCUT2D eigenvalue weighted by Crippen LogP contribution is -2.28. The number of carbonyl (C=O) groups excluding carboxylic acids is 2. The first-order valence-electron chi connectivity index (χ1n) is 7.25. The minimum atomic E-state index is -0.569. The molecule has 0 aliphatic heterocycles. The number of benzene rings is 2. The number of nitrogens with one attached hydrogen (secondary N) is 2. The van der Waals surface area contributed by atoms with Gasteiger partial charge in [-0.2, -0.15) is 0 Å². The van der Waals surface area contributed by atoms with Gasteiger partial charge in [0.2, 0.25) is 5.91 Å². The van der Waals surface area contributed by atoms with Crippen molar-refractivity contribution >= 4 is 23.2 Å². The second-order valence-electron chi connectivity index (χ2n) is 6.21. The van der Waals surface area contributed by atoms with E-state index >= 15 is 0 Å². The number of carbonyl (C=O) groups is 2. The molecule has 23 heavy (non-hydrogen) atoms. The molecule has 0 heterocycles. The zero-order valence-electron chi connectivity index (χ0n) is 13.3. The van der Waals surface area contributed by atoms with E-state index in [1.807, 2.05) is 0 Å². The highest BCUT2D eigenvalue weighted by Gasteiger charge is 2.23. The van der Waals surface area contributed by atoms with Gasteiger partial charge in [-0.15, -0.1) is 0 Å². The van der Waals surface area contributed by atoms with Crippen LogP contribution in [0.2, 0.25) is 0 Å². The Kier molecular flexibility index (Phi) is 4.79. The van der Waals surface area contributed by atoms with Crippen LogP contribution < -0.4 is 10.6 Å². The van der Waals surface area contributed by atoms with Gasteiger partial charge in [-0.1, -0.05) is 32.9 Å². The van der Waals surface area contributed by atoms with E-state index in [0.717, 1.165) is 0 Å². The van der Waals surface area contributed by atoms with E-state index in [1.54, 1.807) is 45.0 Å². The van der Waals surface area contributed by atoms with Crippen LogP contribution in [0.5, 0.6) is 0 Å². The molecule has 0 spiro atoms. The quantitative estimate of drug-likeness (QED) is 0.897. The summed E-state index contributed by atoms with van der Waals surface area (Å²) in [6.45, 7) is 5.39. The summed E-state index contributed by atoms with van der Waals surface area (Å²) in [5, 5.41) is 5.45. The molecule has 0 fully saturated rings. The van der Waals surface area contributed by atoms with Crippen molar-refractivity contribution in [3.63, 3.8) is 0 Å². The standard InChI is InChI=1S/C18H19FN2O2/c1-18(2,3)17(23)21-15-7-5-4-6-14(15)16(22)20-13-10-8-12(19)9-11-13/h4-11H,1-3H3,(H,20,22)(H,21,23). The molecule has 2 N–H and O–H groups in total. The van der Waals surface area contributed by atoms with Crippen LogP contribution in [-0.4, -0.2) is 11.8 Å². The lowest BCUT2D eigenvalue weighted by Gasteiger charge is -2.19. The molecule has 0 saturated carbocycles. The fraction of sp³-hybridized carbons (Fsp3) is 0.222. The maximum atomic E-state index is 12.9. The van der Waals surface area contributed by atoms with E-state index in [0.29, 0.717) is 16.9 Å². The maximum absolute atomic E-state index is 12.9. The van der Waals surface area contributed by atoms with Crippen LogP contribution in [0.25, 0.3) is 0 Å². The molecule has 0 saturated heterocycles. The zero-order chi connectivity index (χ0) is 17.0. The first-order chi connectivity index (χ1) is 10.8. The number of rotatable bonds is 3. The van der Waals surface area contributed by atoms with E-state index in [9.17, 15) is 14.0 Å². The molecule has 0 radical (unpaired) electrons. The van der Waals surface area contributed by atoms with Gasteiger partial charge >= 0.3 is 0 Å². The number of para-hydroxylation sites is 1. The highest BCUT2D eigenvalue weighted by Crippen LogP contribution is 2.21. The Labute approximate surface area is 134 Å². The lowest BCUT2D eigenvalue weighted by molar-refractivity contribution is -0.123. The molecule has 2 aromatic rings. The van der Waals surface area contributed by atoms with Crippen molar-refractivity contribution in [2.24, 2.45) is 5.41 Å². The summed E-state index contributed by atoms with van der Waals surface area (Å²) < 4.78 is 12.9. The SMILES string of the molecule is CC(C)(C)C(=O)Nc1ccccc1C(=O)Nc1ccc(F)cc1. The van der Waals surface area contributed by atoms with Crippen molar-refractivity contribution in [1.82, 2.24) is 0 Å². The fourth-order valence-corrected chi connectivity index (χ4v) is 1.83. The second kappa shape index (κ2) is 6.60. The second-order valence-corrected chi connectivity index (χ2v) is 6.21. The Bertz CT molecular complexity index is 719. The first-order valence-corrected chi connectivity index (χ1v) is 7.25. The van der Waals surface area contributed by atoms with Gasteiger partial charge in [-0.25, -0.2) is 4.39 Å². The highest BCUT2D eigenvalue weighted by atomic mass is 19.1. The van der Waals surface area contributed by atoms with Gasteiger partial charge in [-0.05, 0) is 36.4 Å². The van der Waals surface area contributed by atoms with Crippen LogP contribution in [0.15, 0.2) is 48.5 Å². The maximum Gasteiger partial charge on any atom is 0.257 e. The minimum Gasteiger partial charge on any atom is -0.325 e. The first kappa shape index (κ1) is 16.7. The molecule has 120 valence electrons. The number of halogens is 1. The molecule has 0 atom stereocenters. The van der Waals surface area contributed by atoms with E-state index in [2.05, 4.69) is 10.6 Å². The van der Waals surface area contributed by atoms with Crippen LogP contribution >= 0.6 is 0 Å². The average molecular weight is 314 g/mol. The van der Waals surface area contributed by atoms with Crippen molar-refractivity contribution in [3.05, 3.63) is 59.9 Å². The van der Waals surface area contributed by atoms with Gasteiger partial charge < -0.3 is 10.6 Å². The van der Waals surface area contributed by atoms with Gasteiger partial charge in [0.1, 0.15) is 5.82 Å². The molecule has 0 aliphatic carbocycles. The van der Waals surface area contributed by atoms with Crippen molar-refractivity contribution in [1.29, 1.82) is 0 Å². The molecule has 0 aromatic heterocycles. The van der Waals surface area contributed by atoms with Crippen LogP contribution in [0.1, 0.15) is 31.1 Å². The number of hydrogen-bond acceptors (Lipinski definition) is 2. The third-order valence-electron chi connectivity index (χ3n) is 3.20. The third-order valence-corrected chi connectivity index (χ3v) is 3.20. The normalized spacial score (nSPS) is 11.0. The summed E-state index contributed by atoms with van der Waals surface area (Å²) in [4.78, 5) is 24.5. The molecular formula is C18H19FN2O2. The van der Waals surface area contributed by atoms with E-state index < -0.39 is 5.41 Å². The van der Waals surface area contributed by atoms with Crippen molar-refractivity contribution in [2.75, 3.05) is 10.6 Å². The van der Waals surface area contributed by atoms with Crippen LogP contribution in [0.4, 0.5) is 15.8 Å². The highest BCUT2D eigenvalue weighted by molar-refractivity contribution is 6.10. The number of hydrogen-bond donors (Lipinski definition) is 2. The summed E-state index contributed by atoms with van der Waals surface area (Å²) in [7, 11) is 0. The Morgan fingerprint density at radius 1 is 0.913 bits per heavy atom. The predicted octanol–water partition coefficient (Wildman–Crippen LogP) is 4.06. The summed E-state index contributed by atoms with van der Waals surface area (Å²) >= 11 is 0. The molecule has 5 heteroatoms. The van der Waals surface area contributed by atoms with E-state index in [1.165, 1.54) is 24.3 Å². The van der Waals surface area contributed by atoms with E-state index in [4.69, 9.17) is 0 Å². The summed E-state index contributed by atoms with van der Waals surface area (Å²) in [5.74, 6) is -0.929. The van der Waals surface area contributed by atoms with Crippen molar-refractivity contribution in [3.8, 4) is 0 Å². The smallest absolute Gasteiger partial charge is 0.257 e.